The number of hydrogen-bond acceptors (Lipinski definition) is 4. The quantitative estimate of drug-likeness (QED) is 0.631. The van der Waals surface area contributed by atoms with Gasteiger partial charge in [0, 0.05) is 16.8 Å². The third kappa shape index (κ3) is 4.58. The van der Waals surface area contributed by atoms with Crippen LogP contribution in [-0.2, 0) is 0 Å². The highest BCUT2D eigenvalue weighted by Crippen LogP contribution is 2.26. The van der Waals surface area contributed by atoms with Gasteiger partial charge in [-0.2, -0.15) is 0 Å². The van der Waals surface area contributed by atoms with E-state index in [4.69, 9.17) is 4.74 Å². The number of carbonyl (C=O) groups is 2. The number of thiophene rings is 1. The molecule has 6 heteroatoms. The molecule has 0 bridgehead atoms. The first kappa shape index (κ1) is 19.6. The molecule has 0 aliphatic carbocycles. The molecule has 0 fully saturated rings. The van der Waals surface area contributed by atoms with Gasteiger partial charge in [0.1, 0.15) is 5.75 Å². The Labute approximate surface area is 168 Å². The van der Waals surface area contributed by atoms with Gasteiger partial charge in [-0.25, -0.2) is 0 Å². The molecule has 0 aliphatic heterocycles. The molecule has 0 unspecified atom stereocenters. The number of methoxy groups -OCH3 is 1. The van der Waals surface area contributed by atoms with Gasteiger partial charge in [-0.1, -0.05) is 29.8 Å². The molecule has 0 saturated carbocycles. The summed E-state index contributed by atoms with van der Waals surface area (Å²) in [6, 6.07) is 16.1. The van der Waals surface area contributed by atoms with Crippen molar-refractivity contribution in [3.8, 4) is 5.75 Å². The van der Waals surface area contributed by atoms with E-state index in [1.807, 2.05) is 43.5 Å². The Bertz CT molecular complexity index is 983. The zero-order valence-corrected chi connectivity index (χ0v) is 16.8. The molecule has 2 amide bonds. The van der Waals surface area contributed by atoms with Crippen molar-refractivity contribution < 1.29 is 14.3 Å². The highest BCUT2D eigenvalue weighted by molar-refractivity contribution is 7.12. The molecule has 0 spiro atoms. The van der Waals surface area contributed by atoms with Gasteiger partial charge < -0.3 is 15.4 Å². The first-order valence-electron chi connectivity index (χ1n) is 8.88. The van der Waals surface area contributed by atoms with Crippen LogP contribution in [0.5, 0.6) is 5.75 Å². The Morgan fingerprint density at radius 3 is 2.57 bits per heavy atom. The second-order valence-corrected chi connectivity index (χ2v) is 7.40. The van der Waals surface area contributed by atoms with Crippen LogP contribution in [0.25, 0.3) is 0 Å². The minimum Gasteiger partial charge on any atom is -0.496 e. The monoisotopic (exact) mass is 394 g/mol. The molecular weight excluding hydrogens is 372 g/mol. The number of nitrogens with one attached hydrogen (secondary N) is 2. The van der Waals surface area contributed by atoms with E-state index < -0.39 is 0 Å². The summed E-state index contributed by atoms with van der Waals surface area (Å²) >= 11 is 1.37. The third-order valence-corrected chi connectivity index (χ3v) is 5.20. The van der Waals surface area contributed by atoms with Gasteiger partial charge in [0.2, 0.25) is 0 Å². The van der Waals surface area contributed by atoms with Crippen LogP contribution < -0.4 is 15.4 Å². The van der Waals surface area contributed by atoms with Crippen LogP contribution in [0, 0.1) is 6.92 Å². The van der Waals surface area contributed by atoms with Crippen molar-refractivity contribution in [2.45, 2.75) is 19.9 Å². The topological polar surface area (TPSA) is 67.4 Å². The normalized spacial score (nSPS) is 11.5. The molecule has 144 valence electrons. The van der Waals surface area contributed by atoms with Crippen LogP contribution >= 0.6 is 11.3 Å². The standard InChI is InChI=1S/C22H22N2O3S/c1-14-9-10-19(27-3)18(12-14)15(2)23-21(25)16-6-4-7-17(13-16)24-22(26)20-8-5-11-28-20/h4-13,15H,1-3H3,(H,23,25)(H,24,26)/t15-/m1/s1. The summed E-state index contributed by atoms with van der Waals surface area (Å²) in [5.74, 6) is 0.323. The summed E-state index contributed by atoms with van der Waals surface area (Å²) in [4.78, 5) is 25.5. The van der Waals surface area contributed by atoms with E-state index in [-0.39, 0.29) is 17.9 Å². The fourth-order valence-electron chi connectivity index (χ4n) is 2.89. The van der Waals surface area contributed by atoms with Crippen molar-refractivity contribution in [2.24, 2.45) is 0 Å². The number of amides is 2. The van der Waals surface area contributed by atoms with Crippen molar-refractivity contribution in [2.75, 3.05) is 12.4 Å². The van der Waals surface area contributed by atoms with Crippen LogP contribution in [-0.4, -0.2) is 18.9 Å². The van der Waals surface area contributed by atoms with Crippen LogP contribution in [0.4, 0.5) is 5.69 Å². The average Bonchev–Trinajstić information content (AvgIpc) is 3.23. The Morgan fingerprint density at radius 1 is 1.04 bits per heavy atom. The minimum absolute atomic E-state index is 0.189. The summed E-state index contributed by atoms with van der Waals surface area (Å²) in [7, 11) is 1.61. The van der Waals surface area contributed by atoms with Crippen molar-refractivity contribution >= 4 is 28.8 Å². The van der Waals surface area contributed by atoms with Crippen LogP contribution in [0.3, 0.4) is 0 Å². The number of benzene rings is 2. The van der Waals surface area contributed by atoms with E-state index in [9.17, 15) is 9.59 Å². The highest BCUT2D eigenvalue weighted by atomic mass is 32.1. The second kappa shape index (κ2) is 8.71. The summed E-state index contributed by atoms with van der Waals surface area (Å²) < 4.78 is 5.41. The van der Waals surface area contributed by atoms with Crippen LogP contribution in [0.1, 0.15) is 44.1 Å². The number of aryl methyl sites for hydroxylation is 1. The molecule has 0 saturated heterocycles. The van der Waals surface area contributed by atoms with Crippen molar-refractivity contribution in [1.82, 2.24) is 5.32 Å². The van der Waals surface area contributed by atoms with E-state index in [1.54, 1.807) is 37.4 Å². The minimum atomic E-state index is -0.230. The Balaban J connectivity index is 1.72. The lowest BCUT2D eigenvalue weighted by Gasteiger charge is -2.18. The zero-order chi connectivity index (χ0) is 20.1. The average molecular weight is 394 g/mol. The Hall–Kier alpha value is -3.12. The van der Waals surface area contributed by atoms with Gasteiger partial charge >= 0.3 is 0 Å². The molecule has 5 nitrogen and oxygen atoms in total. The largest absolute Gasteiger partial charge is 0.496 e. The maximum atomic E-state index is 12.7. The molecular formula is C22H22N2O3S. The number of ether oxygens (including phenoxy) is 1. The summed E-state index contributed by atoms with van der Waals surface area (Å²) in [6.45, 7) is 3.91. The highest BCUT2D eigenvalue weighted by Gasteiger charge is 2.16. The summed E-state index contributed by atoms with van der Waals surface area (Å²) in [5, 5.41) is 7.66. The molecule has 3 rings (SSSR count). The van der Waals surface area contributed by atoms with Gasteiger partial charge in [-0.05, 0) is 49.6 Å². The van der Waals surface area contributed by atoms with Gasteiger partial charge in [0.25, 0.3) is 11.8 Å². The van der Waals surface area contributed by atoms with E-state index in [0.29, 0.717) is 16.1 Å². The van der Waals surface area contributed by atoms with Gasteiger partial charge in [0.05, 0.1) is 18.0 Å². The fraction of sp³-hybridized carbons (Fsp3) is 0.182. The molecule has 2 N–H and O–H groups in total. The van der Waals surface area contributed by atoms with Gasteiger partial charge in [-0.3, -0.25) is 9.59 Å². The molecule has 0 radical (unpaired) electrons. The molecule has 3 aromatic rings. The van der Waals surface area contributed by atoms with Crippen molar-refractivity contribution in [3.63, 3.8) is 0 Å². The molecule has 2 aromatic carbocycles. The first-order valence-corrected chi connectivity index (χ1v) is 9.76. The second-order valence-electron chi connectivity index (χ2n) is 6.45. The molecule has 1 atom stereocenters. The smallest absolute Gasteiger partial charge is 0.265 e. The van der Waals surface area contributed by atoms with E-state index in [0.717, 1.165) is 16.9 Å². The fourth-order valence-corrected chi connectivity index (χ4v) is 3.51. The summed E-state index contributed by atoms with van der Waals surface area (Å²) in [5.41, 5.74) is 3.06. The molecule has 1 heterocycles. The van der Waals surface area contributed by atoms with Gasteiger partial charge in [0.15, 0.2) is 0 Å². The number of rotatable bonds is 6. The maximum Gasteiger partial charge on any atom is 0.265 e. The van der Waals surface area contributed by atoms with Gasteiger partial charge in [-0.15, -0.1) is 11.3 Å². The number of anilines is 1. The predicted octanol–water partition coefficient (Wildman–Crippen LogP) is 4.81. The van der Waals surface area contributed by atoms with E-state index in [2.05, 4.69) is 10.6 Å². The third-order valence-electron chi connectivity index (χ3n) is 4.33. The zero-order valence-electron chi connectivity index (χ0n) is 16.0. The number of carbonyl (C=O) groups excluding carboxylic acids is 2. The SMILES string of the molecule is COc1ccc(C)cc1[C@@H](C)NC(=O)c1cccc(NC(=O)c2cccs2)c1. The first-order chi connectivity index (χ1) is 13.5. The number of hydrogen-bond donors (Lipinski definition) is 2. The molecule has 0 aliphatic rings. The molecule has 28 heavy (non-hydrogen) atoms. The lowest BCUT2D eigenvalue weighted by molar-refractivity contribution is 0.0938. The Morgan fingerprint density at radius 2 is 1.86 bits per heavy atom. The summed E-state index contributed by atoms with van der Waals surface area (Å²) in [6.07, 6.45) is 0. The van der Waals surface area contributed by atoms with Crippen molar-refractivity contribution in [1.29, 1.82) is 0 Å². The van der Waals surface area contributed by atoms with E-state index >= 15 is 0 Å². The van der Waals surface area contributed by atoms with Crippen LogP contribution in [0.15, 0.2) is 60.0 Å². The maximum absolute atomic E-state index is 12.7. The Kier molecular flexibility index (Phi) is 6.11. The molecule has 1 aromatic heterocycles. The predicted molar refractivity (Wildman–Crippen MR) is 112 cm³/mol. The lowest BCUT2D eigenvalue weighted by atomic mass is 10.0. The van der Waals surface area contributed by atoms with Crippen molar-refractivity contribution in [3.05, 3.63) is 81.5 Å². The lowest BCUT2D eigenvalue weighted by Crippen LogP contribution is -2.27. The van der Waals surface area contributed by atoms with Crippen LogP contribution in [0.2, 0.25) is 0 Å². The van der Waals surface area contributed by atoms with E-state index in [1.165, 1.54) is 11.3 Å².